The van der Waals surface area contributed by atoms with E-state index in [9.17, 15) is 35.7 Å². The Morgan fingerprint density at radius 1 is 0.824 bits per heavy atom. The molecule has 0 aromatic carbocycles. The molecule has 0 aromatic rings. The molecular formula is C27H48O7. The average molecular weight is 485 g/mol. The highest BCUT2D eigenvalue weighted by atomic mass is 16.3. The number of rotatable bonds is 6. The molecule has 0 aromatic heterocycles. The van der Waals surface area contributed by atoms with Crippen molar-refractivity contribution in [1.82, 2.24) is 0 Å². The molecule has 7 N–H and O–H groups in total. The molecule has 0 aliphatic heterocycles. The minimum absolute atomic E-state index is 0.0425. The molecule has 4 rings (SSSR count). The van der Waals surface area contributed by atoms with Gasteiger partial charge in [-0.2, -0.15) is 0 Å². The fourth-order valence-electron chi connectivity index (χ4n) is 9.69. The summed E-state index contributed by atoms with van der Waals surface area (Å²) in [4.78, 5) is 0. The molecule has 4 aliphatic rings. The molecule has 7 heteroatoms. The van der Waals surface area contributed by atoms with Gasteiger partial charge in [0.2, 0.25) is 0 Å². The van der Waals surface area contributed by atoms with Gasteiger partial charge in [0, 0.05) is 24.9 Å². The molecule has 0 bridgehead atoms. The summed E-state index contributed by atoms with van der Waals surface area (Å²) in [6.07, 6.45) is 0.372. The maximum Gasteiger partial charge on any atom is 0.0863 e. The van der Waals surface area contributed by atoms with Crippen LogP contribution in [0, 0.1) is 46.3 Å². The Morgan fingerprint density at radius 3 is 2.12 bits per heavy atom. The fraction of sp³-hybridized carbons (Fsp3) is 1.00. The van der Waals surface area contributed by atoms with Crippen molar-refractivity contribution in [2.24, 2.45) is 46.3 Å². The summed E-state index contributed by atoms with van der Waals surface area (Å²) in [5.74, 6) is -1.08. The molecular weight excluding hydrogens is 436 g/mol. The first-order valence-corrected chi connectivity index (χ1v) is 13.6. The van der Waals surface area contributed by atoms with E-state index >= 15 is 0 Å². The summed E-state index contributed by atoms with van der Waals surface area (Å²) in [5.41, 5.74) is -2.37. The summed E-state index contributed by atoms with van der Waals surface area (Å²) in [5, 5.41) is 76.6. The predicted octanol–water partition coefficient (Wildman–Crippen LogP) is 1.44. The molecule has 34 heavy (non-hydrogen) atoms. The molecule has 198 valence electrons. The number of hydrogen-bond donors (Lipinski definition) is 7. The van der Waals surface area contributed by atoms with E-state index in [1.807, 2.05) is 13.8 Å². The minimum atomic E-state index is -1.35. The Morgan fingerprint density at radius 2 is 1.47 bits per heavy atom. The topological polar surface area (TPSA) is 142 Å². The lowest BCUT2D eigenvalue weighted by atomic mass is 9.41. The van der Waals surface area contributed by atoms with Crippen molar-refractivity contribution in [2.45, 2.75) is 115 Å². The van der Waals surface area contributed by atoms with Gasteiger partial charge in [0.05, 0.1) is 36.1 Å². The zero-order chi connectivity index (χ0) is 25.2. The second-order valence-electron chi connectivity index (χ2n) is 13.2. The number of hydrogen-bond acceptors (Lipinski definition) is 7. The van der Waals surface area contributed by atoms with E-state index < -0.39 is 58.8 Å². The largest absolute Gasteiger partial charge is 0.396 e. The molecule has 0 amide bonds. The van der Waals surface area contributed by atoms with E-state index in [1.54, 1.807) is 0 Å². The third-order valence-corrected chi connectivity index (χ3v) is 11.2. The highest BCUT2D eigenvalue weighted by Crippen LogP contribution is 2.69. The summed E-state index contributed by atoms with van der Waals surface area (Å²) < 4.78 is 0. The van der Waals surface area contributed by atoms with Gasteiger partial charge in [-0.25, -0.2) is 0 Å². The SMILES string of the molecule is C[C@H](CO)CCC[C@@H](C)[C@H]1[C@@H](O)[C@H](O)[C@@H]2[C@]1(C)CC[C@@H]1[C@@]3(C)CC[C@H](O)[C@H](O)[C@@H]3[C@@H](O)C[C@]12O. The molecule has 0 spiro atoms. The maximum atomic E-state index is 12.3. The van der Waals surface area contributed by atoms with Crippen LogP contribution in [0.4, 0.5) is 0 Å². The van der Waals surface area contributed by atoms with Crippen LogP contribution in [-0.2, 0) is 0 Å². The summed E-state index contributed by atoms with van der Waals surface area (Å²) in [7, 11) is 0. The lowest BCUT2D eigenvalue weighted by Crippen LogP contribution is -2.71. The fourth-order valence-corrected chi connectivity index (χ4v) is 9.69. The molecule has 4 saturated carbocycles. The van der Waals surface area contributed by atoms with Crippen LogP contribution >= 0.6 is 0 Å². The van der Waals surface area contributed by atoms with Gasteiger partial charge in [0.15, 0.2) is 0 Å². The number of aliphatic hydroxyl groups is 7. The van der Waals surface area contributed by atoms with Crippen LogP contribution in [0.1, 0.15) is 79.1 Å². The van der Waals surface area contributed by atoms with Gasteiger partial charge in [-0.1, -0.05) is 40.5 Å². The second kappa shape index (κ2) is 9.23. The van der Waals surface area contributed by atoms with Crippen molar-refractivity contribution in [3.63, 3.8) is 0 Å². The summed E-state index contributed by atoms with van der Waals surface area (Å²) in [6, 6.07) is 0. The van der Waals surface area contributed by atoms with Crippen LogP contribution in [0.5, 0.6) is 0 Å². The van der Waals surface area contributed by atoms with E-state index in [-0.39, 0.29) is 36.7 Å². The van der Waals surface area contributed by atoms with Gasteiger partial charge in [0.25, 0.3) is 0 Å². The second-order valence-corrected chi connectivity index (χ2v) is 13.2. The Labute approximate surface area is 204 Å². The van der Waals surface area contributed by atoms with Crippen LogP contribution in [-0.4, -0.2) is 78.5 Å². The Hall–Kier alpha value is -0.280. The van der Waals surface area contributed by atoms with Crippen molar-refractivity contribution in [2.75, 3.05) is 6.61 Å². The minimum Gasteiger partial charge on any atom is -0.396 e. The quantitative estimate of drug-likeness (QED) is 0.302. The Balaban J connectivity index is 1.63. The third kappa shape index (κ3) is 3.80. The molecule has 0 saturated heterocycles. The Bertz CT molecular complexity index is 734. The lowest BCUT2D eigenvalue weighted by molar-refractivity contribution is -0.280. The molecule has 4 aliphatic carbocycles. The van der Waals surface area contributed by atoms with Crippen molar-refractivity contribution in [3.05, 3.63) is 0 Å². The van der Waals surface area contributed by atoms with Crippen LogP contribution in [0.3, 0.4) is 0 Å². The summed E-state index contributed by atoms with van der Waals surface area (Å²) in [6.45, 7) is 8.44. The zero-order valence-electron chi connectivity index (χ0n) is 21.3. The van der Waals surface area contributed by atoms with Crippen molar-refractivity contribution in [1.29, 1.82) is 0 Å². The normalized spacial score (nSPS) is 54.6. The monoisotopic (exact) mass is 484 g/mol. The van der Waals surface area contributed by atoms with Crippen LogP contribution in [0.15, 0.2) is 0 Å². The first kappa shape index (κ1) is 26.8. The smallest absolute Gasteiger partial charge is 0.0863 e. The van der Waals surface area contributed by atoms with Crippen molar-refractivity contribution < 1.29 is 35.7 Å². The van der Waals surface area contributed by atoms with Gasteiger partial charge >= 0.3 is 0 Å². The van der Waals surface area contributed by atoms with E-state index in [0.29, 0.717) is 19.3 Å². The van der Waals surface area contributed by atoms with Gasteiger partial charge in [-0.05, 0) is 66.6 Å². The van der Waals surface area contributed by atoms with Gasteiger partial charge < -0.3 is 35.7 Å². The van der Waals surface area contributed by atoms with E-state index in [4.69, 9.17) is 0 Å². The Kier molecular flexibility index (Phi) is 7.27. The molecule has 0 radical (unpaired) electrons. The van der Waals surface area contributed by atoms with Crippen molar-refractivity contribution in [3.8, 4) is 0 Å². The molecule has 7 nitrogen and oxygen atoms in total. The van der Waals surface area contributed by atoms with Gasteiger partial charge in [0.1, 0.15) is 0 Å². The van der Waals surface area contributed by atoms with E-state index in [1.165, 1.54) is 0 Å². The molecule has 0 unspecified atom stereocenters. The predicted molar refractivity (Wildman–Crippen MR) is 128 cm³/mol. The highest BCUT2D eigenvalue weighted by Gasteiger charge is 2.73. The first-order chi connectivity index (χ1) is 15.8. The highest BCUT2D eigenvalue weighted by molar-refractivity contribution is 5.22. The van der Waals surface area contributed by atoms with Crippen LogP contribution in [0.2, 0.25) is 0 Å². The lowest BCUT2D eigenvalue weighted by Gasteiger charge is -2.66. The number of aliphatic hydroxyl groups excluding tert-OH is 6. The molecule has 14 atom stereocenters. The average Bonchev–Trinajstić information content (AvgIpc) is 2.96. The zero-order valence-corrected chi connectivity index (χ0v) is 21.3. The van der Waals surface area contributed by atoms with Gasteiger partial charge in [-0.3, -0.25) is 0 Å². The van der Waals surface area contributed by atoms with E-state index in [0.717, 1.165) is 25.7 Å². The summed E-state index contributed by atoms with van der Waals surface area (Å²) >= 11 is 0. The third-order valence-electron chi connectivity index (χ3n) is 11.2. The standard InChI is InChI=1S/C27H48O7/c1-14(13-28)6-5-7-15(2)19-22(32)23(33)24-26(19,4)11-9-18-25(3)10-8-16(29)21(31)20(25)17(30)12-27(18,24)34/h14-24,28-34H,5-13H2,1-4H3/t14-,15+,16-,17-,18+,19-,20-,21-,22+,23-,24+,25+,26+,27-/m0/s1. The number of fused-ring (bicyclic) bond motifs is 5. The van der Waals surface area contributed by atoms with Gasteiger partial charge in [-0.15, -0.1) is 0 Å². The first-order valence-electron chi connectivity index (χ1n) is 13.6. The molecule has 4 fully saturated rings. The van der Waals surface area contributed by atoms with Crippen molar-refractivity contribution >= 4 is 0 Å². The maximum absolute atomic E-state index is 12.3. The van der Waals surface area contributed by atoms with E-state index in [2.05, 4.69) is 13.8 Å². The molecule has 0 heterocycles. The van der Waals surface area contributed by atoms with Crippen LogP contribution in [0.25, 0.3) is 0 Å². The van der Waals surface area contributed by atoms with Crippen LogP contribution < -0.4 is 0 Å².